The van der Waals surface area contributed by atoms with Crippen LogP contribution < -0.4 is 5.32 Å². The number of ether oxygens (including phenoxy) is 1. The van der Waals surface area contributed by atoms with Crippen LogP contribution in [0.15, 0.2) is 48.8 Å². The van der Waals surface area contributed by atoms with Crippen LogP contribution in [0.5, 0.6) is 0 Å². The summed E-state index contributed by atoms with van der Waals surface area (Å²) in [6.07, 6.45) is 5.23. The molecule has 1 aromatic carbocycles. The molecule has 0 saturated carbocycles. The van der Waals surface area contributed by atoms with Gasteiger partial charge in [-0.25, -0.2) is 4.79 Å². The van der Waals surface area contributed by atoms with Crippen LogP contribution in [0.3, 0.4) is 0 Å². The lowest BCUT2D eigenvalue weighted by atomic mass is 10.2. The Labute approximate surface area is 152 Å². The second-order valence-corrected chi connectivity index (χ2v) is 5.45. The highest BCUT2D eigenvalue weighted by Crippen LogP contribution is 2.13. The van der Waals surface area contributed by atoms with E-state index in [0.29, 0.717) is 23.7 Å². The molecule has 5 heteroatoms. The zero-order chi connectivity index (χ0) is 17.7. The molecule has 4 nitrogen and oxygen atoms in total. The van der Waals surface area contributed by atoms with Crippen LogP contribution in [0.1, 0.15) is 24.8 Å². The maximum absolute atomic E-state index is 11.6. The number of carbonyl (C=O) groups excluding carboxylic acids is 1. The number of amides is 1. The summed E-state index contributed by atoms with van der Waals surface area (Å²) in [5.41, 5.74) is 1.54. The SMILES string of the molecule is O=C(Nc1ccc(Cl)cc1)OCCCCC#CC#Cc1ccncc1. The van der Waals surface area contributed by atoms with Gasteiger partial charge in [0.1, 0.15) is 0 Å². The number of unbranched alkanes of at least 4 members (excludes halogenated alkanes) is 2. The van der Waals surface area contributed by atoms with Crippen LogP contribution in [-0.4, -0.2) is 17.7 Å². The number of halogens is 1. The van der Waals surface area contributed by atoms with Crippen molar-refractivity contribution < 1.29 is 9.53 Å². The van der Waals surface area contributed by atoms with Crippen LogP contribution in [-0.2, 0) is 4.74 Å². The number of anilines is 1. The molecule has 2 rings (SSSR count). The normalized spacial score (nSPS) is 9.16. The molecule has 1 N–H and O–H groups in total. The van der Waals surface area contributed by atoms with Crippen LogP contribution in [0.25, 0.3) is 0 Å². The number of nitrogens with zero attached hydrogens (tertiary/aromatic N) is 1. The van der Waals surface area contributed by atoms with Gasteiger partial charge in [0.2, 0.25) is 0 Å². The third kappa shape index (κ3) is 7.92. The van der Waals surface area contributed by atoms with Gasteiger partial charge in [-0.1, -0.05) is 23.4 Å². The summed E-state index contributed by atoms with van der Waals surface area (Å²) in [5.74, 6) is 11.5. The molecular formula is C20H17ClN2O2. The van der Waals surface area contributed by atoms with E-state index in [1.807, 2.05) is 12.1 Å². The molecule has 2 aromatic rings. The Morgan fingerprint density at radius 3 is 2.60 bits per heavy atom. The van der Waals surface area contributed by atoms with Gasteiger partial charge in [0.25, 0.3) is 0 Å². The van der Waals surface area contributed by atoms with E-state index in [9.17, 15) is 4.79 Å². The van der Waals surface area contributed by atoms with E-state index < -0.39 is 6.09 Å². The largest absolute Gasteiger partial charge is 0.449 e. The Morgan fingerprint density at radius 1 is 1.08 bits per heavy atom. The lowest BCUT2D eigenvalue weighted by Crippen LogP contribution is -2.14. The summed E-state index contributed by atoms with van der Waals surface area (Å²) in [4.78, 5) is 15.5. The summed E-state index contributed by atoms with van der Waals surface area (Å²) in [5, 5.41) is 3.25. The van der Waals surface area contributed by atoms with Crippen molar-refractivity contribution in [2.45, 2.75) is 19.3 Å². The molecular weight excluding hydrogens is 336 g/mol. The monoisotopic (exact) mass is 352 g/mol. The lowest BCUT2D eigenvalue weighted by molar-refractivity contribution is 0.159. The molecule has 0 atom stereocenters. The first-order valence-corrected chi connectivity index (χ1v) is 8.20. The standard InChI is InChI=1S/C20H17ClN2O2/c21-18-8-10-19(11-9-18)23-20(24)25-16-6-4-2-1-3-5-7-17-12-14-22-15-13-17/h8-15H,2,4,6,16H2,(H,23,24). The highest BCUT2D eigenvalue weighted by molar-refractivity contribution is 6.30. The molecule has 0 aliphatic rings. The third-order valence-corrected chi connectivity index (χ3v) is 3.31. The fourth-order valence-corrected chi connectivity index (χ4v) is 1.94. The van der Waals surface area contributed by atoms with Crippen molar-refractivity contribution in [2.75, 3.05) is 11.9 Å². The minimum atomic E-state index is -0.475. The van der Waals surface area contributed by atoms with Crippen molar-refractivity contribution in [1.29, 1.82) is 0 Å². The first-order chi connectivity index (χ1) is 12.2. The molecule has 0 bridgehead atoms. The van der Waals surface area contributed by atoms with Gasteiger partial charge in [0.15, 0.2) is 0 Å². The Balaban J connectivity index is 1.56. The van der Waals surface area contributed by atoms with Gasteiger partial charge in [-0.3, -0.25) is 10.3 Å². The molecule has 1 amide bonds. The van der Waals surface area contributed by atoms with Gasteiger partial charge < -0.3 is 4.74 Å². The van der Waals surface area contributed by atoms with Crippen LogP contribution in [0, 0.1) is 23.7 Å². The fraction of sp³-hybridized carbons (Fsp3) is 0.200. The average Bonchev–Trinajstić information content (AvgIpc) is 2.63. The first kappa shape index (κ1) is 18.4. The van der Waals surface area contributed by atoms with Crippen LogP contribution >= 0.6 is 11.6 Å². The van der Waals surface area contributed by atoms with E-state index in [1.165, 1.54) is 0 Å². The summed E-state index contributed by atoms with van der Waals surface area (Å²) in [7, 11) is 0. The van der Waals surface area contributed by atoms with E-state index >= 15 is 0 Å². The van der Waals surface area contributed by atoms with Gasteiger partial charge in [-0.2, -0.15) is 0 Å². The van der Waals surface area contributed by atoms with Gasteiger partial charge >= 0.3 is 6.09 Å². The molecule has 1 aromatic heterocycles. The van der Waals surface area contributed by atoms with E-state index in [0.717, 1.165) is 18.4 Å². The number of rotatable bonds is 5. The predicted molar refractivity (Wildman–Crippen MR) is 99.2 cm³/mol. The molecule has 126 valence electrons. The summed E-state index contributed by atoms with van der Waals surface area (Å²) in [6.45, 7) is 0.351. The van der Waals surface area contributed by atoms with Gasteiger partial charge in [0.05, 0.1) is 6.61 Å². The Hall–Kier alpha value is -2.95. The number of pyridine rings is 1. The number of benzene rings is 1. The second-order valence-electron chi connectivity index (χ2n) is 5.01. The van der Waals surface area contributed by atoms with E-state index in [-0.39, 0.29) is 0 Å². The maximum Gasteiger partial charge on any atom is 0.411 e. The number of hydrogen-bond donors (Lipinski definition) is 1. The first-order valence-electron chi connectivity index (χ1n) is 7.82. The molecule has 0 fully saturated rings. The molecule has 25 heavy (non-hydrogen) atoms. The smallest absolute Gasteiger partial charge is 0.411 e. The number of carbonyl (C=O) groups is 1. The molecule has 0 unspecified atom stereocenters. The Bertz CT molecular complexity index is 797. The Morgan fingerprint density at radius 2 is 1.84 bits per heavy atom. The lowest BCUT2D eigenvalue weighted by Gasteiger charge is -2.06. The van der Waals surface area contributed by atoms with E-state index in [4.69, 9.17) is 16.3 Å². The van der Waals surface area contributed by atoms with Crippen molar-refractivity contribution >= 4 is 23.4 Å². The fourth-order valence-electron chi connectivity index (χ4n) is 1.81. The molecule has 0 saturated heterocycles. The Kier molecular flexibility index (Phi) is 7.91. The van der Waals surface area contributed by atoms with Gasteiger partial charge in [0, 0.05) is 35.1 Å². The number of hydrogen-bond acceptors (Lipinski definition) is 3. The van der Waals surface area contributed by atoms with E-state index in [1.54, 1.807) is 36.7 Å². The van der Waals surface area contributed by atoms with Crippen molar-refractivity contribution in [3.8, 4) is 23.7 Å². The van der Waals surface area contributed by atoms with Crippen molar-refractivity contribution in [1.82, 2.24) is 4.98 Å². The van der Waals surface area contributed by atoms with Crippen molar-refractivity contribution in [2.24, 2.45) is 0 Å². The summed E-state index contributed by atoms with van der Waals surface area (Å²) in [6, 6.07) is 10.5. The van der Waals surface area contributed by atoms with Crippen LogP contribution in [0.4, 0.5) is 10.5 Å². The molecule has 0 aliphatic carbocycles. The molecule has 0 aliphatic heterocycles. The zero-order valence-electron chi connectivity index (χ0n) is 13.6. The molecule has 0 spiro atoms. The highest BCUT2D eigenvalue weighted by atomic mass is 35.5. The molecule has 1 heterocycles. The second kappa shape index (κ2) is 10.8. The summed E-state index contributed by atoms with van der Waals surface area (Å²) >= 11 is 5.78. The van der Waals surface area contributed by atoms with Crippen LogP contribution in [0.2, 0.25) is 5.02 Å². The minimum Gasteiger partial charge on any atom is -0.449 e. The summed E-state index contributed by atoms with van der Waals surface area (Å²) < 4.78 is 5.10. The highest BCUT2D eigenvalue weighted by Gasteiger charge is 2.02. The quantitative estimate of drug-likeness (QED) is 0.636. The number of nitrogens with one attached hydrogen (secondary N) is 1. The average molecular weight is 353 g/mol. The van der Waals surface area contributed by atoms with Crippen molar-refractivity contribution in [3.05, 3.63) is 59.4 Å². The van der Waals surface area contributed by atoms with Gasteiger partial charge in [-0.15, -0.1) is 0 Å². The predicted octanol–water partition coefficient (Wildman–Crippen LogP) is 4.51. The molecule has 0 radical (unpaired) electrons. The van der Waals surface area contributed by atoms with Gasteiger partial charge in [-0.05, 0) is 61.1 Å². The zero-order valence-corrected chi connectivity index (χ0v) is 14.3. The van der Waals surface area contributed by atoms with Crippen molar-refractivity contribution in [3.63, 3.8) is 0 Å². The minimum absolute atomic E-state index is 0.351. The maximum atomic E-state index is 11.6. The third-order valence-electron chi connectivity index (χ3n) is 3.06. The van der Waals surface area contributed by atoms with E-state index in [2.05, 4.69) is 34.0 Å². The topological polar surface area (TPSA) is 51.2 Å². The number of aromatic nitrogens is 1.